The number of nitrogens with one attached hydrogen (secondary N) is 2. The highest BCUT2D eigenvalue weighted by molar-refractivity contribution is 6.30. The molecular weight excluding hydrogens is 338 g/mol. The second-order valence-corrected chi connectivity index (χ2v) is 6.79. The fourth-order valence-electron chi connectivity index (χ4n) is 3.20. The summed E-state index contributed by atoms with van der Waals surface area (Å²) in [5.41, 5.74) is 1.58. The van der Waals surface area contributed by atoms with Crippen molar-refractivity contribution in [1.82, 2.24) is 0 Å². The van der Waals surface area contributed by atoms with Gasteiger partial charge in [0.2, 0.25) is 0 Å². The van der Waals surface area contributed by atoms with Gasteiger partial charge in [0.25, 0.3) is 5.91 Å². The number of amides is 1. The molecule has 0 bridgehead atoms. The van der Waals surface area contributed by atoms with E-state index in [0.717, 1.165) is 37.6 Å². The fourth-order valence-corrected chi connectivity index (χ4v) is 3.39. The van der Waals surface area contributed by atoms with Gasteiger partial charge in [-0.2, -0.15) is 0 Å². The van der Waals surface area contributed by atoms with Crippen LogP contribution in [0.15, 0.2) is 48.5 Å². The monoisotopic (exact) mass is 360 g/mol. The Morgan fingerprint density at radius 1 is 1.20 bits per heavy atom. The van der Waals surface area contributed by atoms with Gasteiger partial charge in [-0.1, -0.05) is 29.8 Å². The molecule has 3 rings (SSSR count). The summed E-state index contributed by atoms with van der Waals surface area (Å²) in [5.74, 6) is 0.297. The molecule has 0 spiro atoms. The Morgan fingerprint density at radius 3 is 2.60 bits per heavy atom. The van der Waals surface area contributed by atoms with Crippen molar-refractivity contribution in [3.05, 3.63) is 53.6 Å². The number of phenolic OH excluding ortho intramolecular Hbond substituents is 1. The van der Waals surface area contributed by atoms with Crippen LogP contribution in [-0.4, -0.2) is 43.2 Å². The molecule has 0 aliphatic carbocycles. The quantitative estimate of drug-likeness (QED) is 0.779. The highest BCUT2D eigenvalue weighted by atomic mass is 35.5. The zero-order valence-electron chi connectivity index (χ0n) is 14.2. The molecule has 0 aromatic heterocycles. The molecule has 1 fully saturated rings. The number of piperazine rings is 1. The number of aromatic hydroxyl groups is 1. The second-order valence-electron chi connectivity index (χ2n) is 6.36. The molecule has 1 aliphatic heterocycles. The van der Waals surface area contributed by atoms with Crippen LogP contribution in [0, 0.1) is 0 Å². The minimum Gasteiger partial charge on any atom is -0.506 e. The van der Waals surface area contributed by atoms with Crippen molar-refractivity contribution in [2.75, 3.05) is 36.4 Å². The van der Waals surface area contributed by atoms with Crippen LogP contribution in [0.2, 0.25) is 5.02 Å². The minimum atomic E-state index is -0.148. The van der Waals surface area contributed by atoms with Gasteiger partial charge in [-0.3, -0.25) is 4.79 Å². The standard InChI is InChI=1S/C19H22ClN3O2/c1-14(19(25)21-16-6-4-5-15(20)13-16)22-9-11-23(12-10-22)17-7-2-3-8-18(17)24/h2-8,13-14,24H,9-12H2,1H3,(H,21,25)/p+1/t14-/m0/s1. The summed E-state index contributed by atoms with van der Waals surface area (Å²) < 4.78 is 0. The fraction of sp³-hybridized carbons (Fsp3) is 0.316. The first-order chi connectivity index (χ1) is 12.0. The van der Waals surface area contributed by atoms with Crippen molar-refractivity contribution in [3.8, 4) is 5.75 Å². The van der Waals surface area contributed by atoms with Crippen LogP contribution in [0.25, 0.3) is 0 Å². The SMILES string of the molecule is C[C@@H](C(=O)Nc1cccc(Cl)c1)[NH+]1CCN(c2ccccc2O)CC1. The first-order valence-corrected chi connectivity index (χ1v) is 8.86. The van der Waals surface area contributed by atoms with E-state index >= 15 is 0 Å². The Hall–Kier alpha value is -2.24. The molecule has 1 aliphatic rings. The van der Waals surface area contributed by atoms with E-state index in [1.165, 1.54) is 4.90 Å². The lowest BCUT2D eigenvalue weighted by Crippen LogP contribution is -3.19. The maximum atomic E-state index is 12.5. The number of hydrogen-bond donors (Lipinski definition) is 3. The number of hydrogen-bond acceptors (Lipinski definition) is 3. The first-order valence-electron chi connectivity index (χ1n) is 8.48. The average Bonchev–Trinajstić information content (AvgIpc) is 2.62. The van der Waals surface area contributed by atoms with Gasteiger partial charge < -0.3 is 20.2 Å². The minimum absolute atomic E-state index is 0.00623. The van der Waals surface area contributed by atoms with Gasteiger partial charge in [0.15, 0.2) is 6.04 Å². The summed E-state index contributed by atoms with van der Waals surface area (Å²) >= 11 is 5.96. The summed E-state index contributed by atoms with van der Waals surface area (Å²) in [4.78, 5) is 15.9. The number of carbonyl (C=O) groups excluding carboxylic acids is 1. The Balaban J connectivity index is 1.57. The molecule has 1 amide bonds. The Morgan fingerprint density at radius 2 is 1.92 bits per heavy atom. The molecule has 25 heavy (non-hydrogen) atoms. The van der Waals surface area contributed by atoms with E-state index < -0.39 is 0 Å². The van der Waals surface area contributed by atoms with E-state index in [9.17, 15) is 9.90 Å². The number of anilines is 2. The van der Waals surface area contributed by atoms with Gasteiger partial charge in [-0.05, 0) is 37.3 Å². The van der Waals surface area contributed by atoms with Crippen LogP contribution in [0.3, 0.4) is 0 Å². The molecule has 6 heteroatoms. The summed E-state index contributed by atoms with van der Waals surface area (Å²) in [6.07, 6.45) is 0. The van der Waals surface area contributed by atoms with E-state index in [1.54, 1.807) is 18.2 Å². The van der Waals surface area contributed by atoms with Gasteiger partial charge >= 0.3 is 0 Å². The first kappa shape index (κ1) is 17.6. The summed E-state index contributed by atoms with van der Waals surface area (Å²) in [6, 6.07) is 14.4. The number of nitrogens with zero attached hydrogens (tertiary/aromatic N) is 1. The van der Waals surface area contributed by atoms with Crippen LogP contribution in [0.4, 0.5) is 11.4 Å². The molecule has 1 atom stereocenters. The molecule has 5 nitrogen and oxygen atoms in total. The topological polar surface area (TPSA) is 57.0 Å². The van der Waals surface area contributed by atoms with E-state index in [2.05, 4.69) is 10.2 Å². The van der Waals surface area contributed by atoms with Crippen LogP contribution < -0.4 is 15.1 Å². The average molecular weight is 361 g/mol. The zero-order chi connectivity index (χ0) is 17.8. The van der Waals surface area contributed by atoms with Gasteiger partial charge in [-0.25, -0.2) is 0 Å². The highest BCUT2D eigenvalue weighted by Crippen LogP contribution is 2.26. The molecule has 2 aromatic carbocycles. The lowest BCUT2D eigenvalue weighted by Gasteiger charge is -2.36. The summed E-state index contributed by atoms with van der Waals surface area (Å²) in [6.45, 7) is 5.26. The second kappa shape index (κ2) is 7.76. The highest BCUT2D eigenvalue weighted by Gasteiger charge is 2.29. The smallest absolute Gasteiger partial charge is 0.282 e. The lowest BCUT2D eigenvalue weighted by atomic mass is 10.2. The number of phenols is 1. The van der Waals surface area contributed by atoms with E-state index in [1.807, 2.05) is 37.3 Å². The number of para-hydroxylation sites is 2. The Bertz CT molecular complexity index is 745. The molecule has 0 unspecified atom stereocenters. The molecule has 0 saturated carbocycles. The lowest BCUT2D eigenvalue weighted by molar-refractivity contribution is -0.914. The largest absolute Gasteiger partial charge is 0.506 e. The van der Waals surface area contributed by atoms with Crippen molar-refractivity contribution >= 4 is 28.9 Å². The predicted molar refractivity (Wildman–Crippen MR) is 101 cm³/mol. The van der Waals surface area contributed by atoms with Crippen molar-refractivity contribution in [2.45, 2.75) is 13.0 Å². The number of rotatable bonds is 4. The molecular formula is C19H23ClN3O2+. The van der Waals surface area contributed by atoms with E-state index in [4.69, 9.17) is 11.6 Å². The van der Waals surface area contributed by atoms with Crippen molar-refractivity contribution < 1.29 is 14.8 Å². The Labute approximate surface area is 152 Å². The maximum absolute atomic E-state index is 12.5. The number of quaternary nitrogens is 1. The number of benzene rings is 2. The van der Waals surface area contributed by atoms with Crippen molar-refractivity contribution in [2.24, 2.45) is 0 Å². The molecule has 132 valence electrons. The van der Waals surface area contributed by atoms with Crippen molar-refractivity contribution in [3.63, 3.8) is 0 Å². The van der Waals surface area contributed by atoms with Crippen molar-refractivity contribution in [1.29, 1.82) is 0 Å². The van der Waals surface area contributed by atoms with Crippen LogP contribution >= 0.6 is 11.6 Å². The van der Waals surface area contributed by atoms with Gasteiger partial charge in [-0.15, -0.1) is 0 Å². The van der Waals surface area contributed by atoms with E-state index in [0.29, 0.717) is 10.8 Å². The molecule has 1 saturated heterocycles. The molecule has 0 radical (unpaired) electrons. The summed E-state index contributed by atoms with van der Waals surface area (Å²) in [5, 5.41) is 13.5. The predicted octanol–water partition coefficient (Wildman–Crippen LogP) is 1.78. The van der Waals surface area contributed by atoms with Crippen LogP contribution in [0.5, 0.6) is 5.75 Å². The van der Waals surface area contributed by atoms with Gasteiger partial charge in [0.1, 0.15) is 5.75 Å². The van der Waals surface area contributed by atoms with Crippen LogP contribution in [0.1, 0.15) is 6.92 Å². The molecule has 2 aromatic rings. The third-order valence-corrected chi connectivity index (χ3v) is 4.96. The number of halogens is 1. The maximum Gasteiger partial charge on any atom is 0.282 e. The zero-order valence-corrected chi connectivity index (χ0v) is 15.0. The Kier molecular flexibility index (Phi) is 5.46. The van der Waals surface area contributed by atoms with Gasteiger partial charge in [0, 0.05) is 10.7 Å². The summed E-state index contributed by atoms with van der Waals surface area (Å²) in [7, 11) is 0. The normalized spacial score (nSPS) is 16.5. The third kappa shape index (κ3) is 4.24. The molecule has 3 N–H and O–H groups in total. The van der Waals surface area contributed by atoms with E-state index in [-0.39, 0.29) is 11.9 Å². The van der Waals surface area contributed by atoms with Gasteiger partial charge in [0.05, 0.1) is 31.9 Å². The number of carbonyl (C=O) groups is 1. The van der Waals surface area contributed by atoms with Crippen LogP contribution in [-0.2, 0) is 4.79 Å². The molecule has 1 heterocycles. The third-order valence-electron chi connectivity index (χ3n) is 4.73.